The predicted molar refractivity (Wildman–Crippen MR) is 77.7 cm³/mol. The zero-order valence-corrected chi connectivity index (χ0v) is 12.8. The molecule has 1 fully saturated rings. The Kier molecular flexibility index (Phi) is 4.53. The van der Waals surface area contributed by atoms with E-state index in [1.807, 2.05) is 6.07 Å². The quantitative estimate of drug-likeness (QED) is 0.893. The fraction of sp³-hybridized carbons (Fsp3) is 0.500. The van der Waals surface area contributed by atoms with Crippen molar-refractivity contribution in [3.05, 3.63) is 29.8 Å². The van der Waals surface area contributed by atoms with Crippen molar-refractivity contribution in [2.45, 2.75) is 31.1 Å². The van der Waals surface area contributed by atoms with Gasteiger partial charge >= 0.3 is 5.97 Å². The molecular weight excluding hydrogens is 294 g/mol. The number of rotatable bonds is 5. The number of carbonyl (C=O) groups is 1. The molecule has 0 aromatic heterocycles. The van der Waals surface area contributed by atoms with Crippen molar-refractivity contribution in [1.29, 1.82) is 0 Å². The zero-order chi connectivity index (χ0) is 15.6. The second kappa shape index (κ2) is 6.03. The summed E-state index contributed by atoms with van der Waals surface area (Å²) in [4.78, 5) is 11.0. The summed E-state index contributed by atoms with van der Waals surface area (Å²) in [6, 6.07) is 6.90. The van der Waals surface area contributed by atoms with Gasteiger partial charge in [0.15, 0.2) is 5.25 Å². The fourth-order valence-electron chi connectivity index (χ4n) is 2.56. The Labute approximate surface area is 124 Å². The molecular formula is C14H19NO5S. The number of nitrogens with zero attached hydrogens (tertiary/aromatic N) is 1. The van der Waals surface area contributed by atoms with Gasteiger partial charge in [0.25, 0.3) is 0 Å². The van der Waals surface area contributed by atoms with Crippen molar-refractivity contribution < 1.29 is 23.1 Å². The first-order chi connectivity index (χ1) is 9.87. The largest absolute Gasteiger partial charge is 0.497 e. The number of hydrogen-bond donors (Lipinski definition) is 1. The van der Waals surface area contributed by atoms with Gasteiger partial charge in [-0.3, -0.25) is 4.79 Å². The van der Waals surface area contributed by atoms with Crippen molar-refractivity contribution in [3.8, 4) is 5.75 Å². The molecule has 0 amide bonds. The molecule has 0 bridgehead atoms. The minimum absolute atomic E-state index is 0.327. The van der Waals surface area contributed by atoms with E-state index in [0.717, 1.165) is 5.56 Å². The second-order valence-corrected chi connectivity index (χ2v) is 7.28. The maximum atomic E-state index is 12.4. The Balaban J connectivity index is 2.34. The first-order valence-corrected chi connectivity index (χ1v) is 8.25. The predicted octanol–water partition coefficient (Wildman–Crippen LogP) is 1.64. The summed E-state index contributed by atoms with van der Waals surface area (Å²) < 4.78 is 31.3. The SMILES string of the molecule is COc1cccc(C2CCCN2S(=O)(=O)C(C)C(=O)O)c1. The van der Waals surface area contributed by atoms with Crippen LogP contribution in [0.25, 0.3) is 0 Å². The maximum absolute atomic E-state index is 12.4. The van der Waals surface area contributed by atoms with Crippen LogP contribution in [0.2, 0.25) is 0 Å². The molecule has 1 saturated heterocycles. The molecule has 0 saturated carbocycles. The topological polar surface area (TPSA) is 83.9 Å². The molecule has 2 unspecified atom stereocenters. The van der Waals surface area contributed by atoms with Gasteiger partial charge in [-0.2, -0.15) is 4.31 Å². The third-order valence-electron chi connectivity index (χ3n) is 3.80. The Bertz CT molecular complexity index is 628. The molecule has 6 nitrogen and oxygen atoms in total. The maximum Gasteiger partial charge on any atom is 0.323 e. The lowest BCUT2D eigenvalue weighted by molar-refractivity contribution is -0.136. The first kappa shape index (κ1) is 15.8. The monoisotopic (exact) mass is 313 g/mol. The van der Waals surface area contributed by atoms with Gasteiger partial charge < -0.3 is 9.84 Å². The van der Waals surface area contributed by atoms with Gasteiger partial charge in [-0.25, -0.2) is 8.42 Å². The number of aliphatic carboxylic acids is 1. The third kappa shape index (κ3) is 3.03. The number of benzene rings is 1. The molecule has 1 aliphatic heterocycles. The molecule has 1 aromatic rings. The van der Waals surface area contributed by atoms with E-state index in [0.29, 0.717) is 25.1 Å². The number of methoxy groups -OCH3 is 1. The fourth-order valence-corrected chi connectivity index (χ4v) is 4.18. The number of hydrogen-bond acceptors (Lipinski definition) is 4. The summed E-state index contributed by atoms with van der Waals surface area (Å²) in [6.45, 7) is 1.56. The van der Waals surface area contributed by atoms with E-state index in [2.05, 4.69) is 0 Å². The third-order valence-corrected chi connectivity index (χ3v) is 5.99. The number of carboxylic acids is 1. The van der Waals surface area contributed by atoms with Gasteiger partial charge in [0.2, 0.25) is 10.0 Å². The average molecular weight is 313 g/mol. The van der Waals surface area contributed by atoms with Crippen molar-refractivity contribution in [1.82, 2.24) is 4.31 Å². The average Bonchev–Trinajstić information content (AvgIpc) is 2.96. The van der Waals surface area contributed by atoms with E-state index >= 15 is 0 Å². The van der Waals surface area contributed by atoms with Crippen molar-refractivity contribution >= 4 is 16.0 Å². The summed E-state index contributed by atoms with van der Waals surface area (Å²) in [6.07, 6.45) is 1.40. The molecule has 1 N–H and O–H groups in total. The van der Waals surface area contributed by atoms with Gasteiger partial charge in [0.05, 0.1) is 7.11 Å². The highest BCUT2D eigenvalue weighted by Crippen LogP contribution is 2.36. The van der Waals surface area contributed by atoms with Crippen LogP contribution in [0.5, 0.6) is 5.75 Å². The molecule has 116 valence electrons. The first-order valence-electron chi connectivity index (χ1n) is 6.75. The molecule has 0 radical (unpaired) electrons. The van der Waals surface area contributed by atoms with Crippen LogP contribution >= 0.6 is 0 Å². The van der Waals surface area contributed by atoms with Crippen molar-refractivity contribution in [2.24, 2.45) is 0 Å². The highest BCUT2D eigenvalue weighted by atomic mass is 32.2. The molecule has 1 aromatic carbocycles. The van der Waals surface area contributed by atoms with Crippen LogP contribution in [-0.2, 0) is 14.8 Å². The Morgan fingerprint density at radius 2 is 2.19 bits per heavy atom. The number of sulfonamides is 1. The Morgan fingerprint density at radius 3 is 2.81 bits per heavy atom. The van der Waals surface area contributed by atoms with Gasteiger partial charge in [-0.15, -0.1) is 0 Å². The molecule has 1 aliphatic rings. The standard InChI is InChI=1S/C14H19NO5S/c1-10(14(16)17)21(18,19)15-8-4-7-13(15)11-5-3-6-12(9-11)20-2/h3,5-6,9-10,13H,4,7-8H2,1-2H3,(H,16,17). The van der Waals surface area contributed by atoms with Crippen LogP contribution in [0.3, 0.4) is 0 Å². The van der Waals surface area contributed by atoms with Crippen LogP contribution in [0, 0.1) is 0 Å². The van der Waals surface area contributed by atoms with Gasteiger partial charge in [0.1, 0.15) is 5.75 Å². The van der Waals surface area contributed by atoms with Crippen LogP contribution in [0.4, 0.5) is 0 Å². The van der Waals surface area contributed by atoms with Gasteiger partial charge in [-0.05, 0) is 37.5 Å². The smallest absolute Gasteiger partial charge is 0.323 e. The second-order valence-electron chi connectivity index (χ2n) is 5.07. The summed E-state index contributed by atoms with van der Waals surface area (Å²) >= 11 is 0. The minimum atomic E-state index is -3.86. The Morgan fingerprint density at radius 1 is 1.48 bits per heavy atom. The summed E-state index contributed by atoms with van der Waals surface area (Å²) in [5.41, 5.74) is 0.827. The minimum Gasteiger partial charge on any atom is -0.497 e. The van der Waals surface area contributed by atoms with E-state index in [1.165, 1.54) is 11.2 Å². The molecule has 2 atom stereocenters. The molecule has 0 aliphatic carbocycles. The van der Waals surface area contributed by atoms with Crippen LogP contribution in [-0.4, -0.2) is 42.7 Å². The molecule has 2 rings (SSSR count). The van der Waals surface area contributed by atoms with E-state index in [4.69, 9.17) is 9.84 Å². The van der Waals surface area contributed by atoms with E-state index in [-0.39, 0.29) is 6.04 Å². The highest BCUT2D eigenvalue weighted by molar-refractivity contribution is 7.90. The van der Waals surface area contributed by atoms with Crippen molar-refractivity contribution in [3.63, 3.8) is 0 Å². The highest BCUT2D eigenvalue weighted by Gasteiger charge is 2.40. The Hall–Kier alpha value is -1.60. The summed E-state index contributed by atoms with van der Waals surface area (Å²) in [7, 11) is -2.31. The molecule has 0 spiro atoms. The van der Waals surface area contributed by atoms with E-state index in [1.54, 1.807) is 25.3 Å². The lowest BCUT2D eigenvalue weighted by Gasteiger charge is -2.26. The van der Waals surface area contributed by atoms with Crippen LogP contribution in [0.1, 0.15) is 31.4 Å². The van der Waals surface area contributed by atoms with Crippen LogP contribution < -0.4 is 4.74 Å². The number of carboxylic acid groups (broad SMARTS) is 1. The van der Waals surface area contributed by atoms with Crippen LogP contribution in [0.15, 0.2) is 24.3 Å². The summed E-state index contributed by atoms with van der Waals surface area (Å²) in [5.74, 6) is -0.672. The zero-order valence-electron chi connectivity index (χ0n) is 12.0. The van der Waals surface area contributed by atoms with Crippen molar-refractivity contribution in [2.75, 3.05) is 13.7 Å². The lowest BCUT2D eigenvalue weighted by atomic mass is 10.1. The van der Waals surface area contributed by atoms with E-state index < -0.39 is 21.2 Å². The van der Waals surface area contributed by atoms with E-state index in [9.17, 15) is 13.2 Å². The molecule has 21 heavy (non-hydrogen) atoms. The normalized spacial score (nSPS) is 21.1. The summed E-state index contributed by atoms with van der Waals surface area (Å²) in [5, 5.41) is 7.55. The molecule has 7 heteroatoms. The molecule has 1 heterocycles. The lowest BCUT2D eigenvalue weighted by Crippen LogP contribution is -2.40. The van der Waals surface area contributed by atoms with Gasteiger partial charge in [-0.1, -0.05) is 12.1 Å². The number of ether oxygens (including phenoxy) is 1. The van der Waals surface area contributed by atoms with Gasteiger partial charge in [0, 0.05) is 12.6 Å².